The fourth-order valence-corrected chi connectivity index (χ4v) is 4.16. The van der Waals surface area contributed by atoms with Crippen LogP contribution in [-0.2, 0) is 14.8 Å². The maximum absolute atomic E-state index is 12.4. The Hall–Kier alpha value is -1.93. The minimum Gasteiger partial charge on any atom is -0.480 e. The molecule has 0 aliphatic carbocycles. The van der Waals surface area contributed by atoms with Crippen LogP contribution in [0.15, 0.2) is 29.2 Å². The van der Waals surface area contributed by atoms with Crippen molar-refractivity contribution in [3.8, 4) is 0 Å². The molecule has 0 spiro atoms. The number of hydrogen-bond acceptors (Lipinski definition) is 4. The molecular weight excluding hydrogens is 332 g/mol. The number of sulfonamides is 1. The standard InChI is InChI=1S/C16H22N2O5S/c1-2-5-14(16(20)21)17-15(19)12-6-8-13(9-7-12)24(22,23)18-10-3-4-11-18/h6-9,14H,2-5,10-11H2,1H3,(H,17,19)(H,20,21). The average molecular weight is 354 g/mol. The van der Waals surface area contributed by atoms with E-state index in [9.17, 15) is 18.0 Å². The minimum atomic E-state index is -3.52. The quantitative estimate of drug-likeness (QED) is 0.771. The van der Waals surface area contributed by atoms with Gasteiger partial charge in [0.15, 0.2) is 0 Å². The van der Waals surface area contributed by atoms with Crippen molar-refractivity contribution in [3.05, 3.63) is 29.8 Å². The highest BCUT2D eigenvalue weighted by Gasteiger charge is 2.27. The predicted octanol–water partition coefficient (Wildman–Crippen LogP) is 1.45. The molecular formula is C16H22N2O5S. The minimum absolute atomic E-state index is 0.143. The van der Waals surface area contributed by atoms with Gasteiger partial charge in [-0.1, -0.05) is 13.3 Å². The molecule has 1 amide bonds. The van der Waals surface area contributed by atoms with Gasteiger partial charge < -0.3 is 10.4 Å². The van der Waals surface area contributed by atoms with E-state index in [0.29, 0.717) is 25.9 Å². The maximum atomic E-state index is 12.4. The van der Waals surface area contributed by atoms with E-state index in [1.165, 1.54) is 28.6 Å². The first kappa shape index (κ1) is 18.4. The summed E-state index contributed by atoms with van der Waals surface area (Å²) in [7, 11) is -3.52. The zero-order valence-corrected chi connectivity index (χ0v) is 14.4. The van der Waals surface area contributed by atoms with Crippen molar-refractivity contribution in [2.75, 3.05) is 13.1 Å². The largest absolute Gasteiger partial charge is 0.480 e. The number of carbonyl (C=O) groups excluding carboxylic acids is 1. The predicted molar refractivity (Wildman–Crippen MR) is 88.2 cm³/mol. The molecule has 0 aromatic heterocycles. The SMILES string of the molecule is CCCC(NC(=O)c1ccc(S(=O)(=O)N2CCCC2)cc1)C(=O)O. The summed E-state index contributed by atoms with van der Waals surface area (Å²) < 4.78 is 26.3. The maximum Gasteiger partial charge on any atom is 0.326 e. The van der Waals surface area contributed by atoms with Gasteiger partial charge in [-0.15, -0.1) is 0 Å². The normalized spacial score (nSPS) is 16.7. The summed E-state index contributed by atoms with van der Waals surface area (Å²) in [6.07, 6.45) is 2.67. The Morgan fingerprint density at radius 1 is 1.21 bits per heavy atom. The van der Waals surface area contributed by atoms with Crippen molar-refractivity contribution in [3.63, 3.8) is 0 Å². The van der Waals surface area contributed by atoms with E-state index >= 15 is 0 Å². The first-order valence-corrected chi connectivity index (χ1v) is 9.44. The van der Waals surface area contributed by atoms with E-state index in [0.717, 1.165) is 12.8 Å². The van der Waals surface area contributed by atoms with Crippen molar-refractivity contribution >= 4 is 21.9 Å². The van der Waals surface area contributed by atoms with Crippen molar-refractivity contribution < 1.29 is 23.1 Å². The topological polar surface area (TPSA) is 104 Å². The lowest BCUT2D eigenvalue weighted by Gasteiger charge is -2.16. The highest BCUT2D eigenvalue weighted by atomic mass is 32.2. The summed E-state index contributed by atoms with van der Waals surface area (Å²) in [5, 5.41) is 11.5. The molecule has 132 valence electrons. The monoisotopic (exact) mass is 354 g/mol. The van der Waals surface area contributed by atoms with Gasteiger partial charge >= 0.3 is 5.97 Å². The molecule has 8 heteroatoms. The molecule has 2 rings (SSSR count). The second-order valence-corrected chi connectivity index (χ2v) is 7.73. The molecule has 7 nitrogen and oxygen atoms in total. The van der Waals surface area contributed by atoms with Crippen LogP contribution in [0.2, 0.25) is 0 Å². The molecule has 1 aliphatic rings. The molecule has 1 saturated heterocycles. The number of nitrogens with one attached hydrogen (secondary N) is 1. The first-order chi connectivity index (χ1) is 11.4. The van der Waals surface area contributed by atoms with Crippen LogP contribution in [0.4, 0.5) is 0 Å². The molecule has 1 atom stereocenters. The number of nitrogens with zero attached hydrogens (tertiary/aromatic N) is 1. The summed E-state index contributed by atoms with van der Waals surface area (Å²) >= 11 is 0. The number of rotatable bonds is 7. The average Bonchev–Trinajstić information content (AvgIpc) is 3.09. The number of carbonyl (C=O) groups is 2. The zero-order chi connectivity index (χ0) is 17.7. The molecule has 0 bridgehead atoms. The van der Waals surface area contributed by atoms with Crippen molar-refractivity contribution in [1.29, 1.82) is 0 Å². The Kier molecular flexibility index (Phi) is 5.95. The highest BCUT2D eigenvalue weighted by molar-refractivity contribution is 7.89. The van der Waals surface area contributed by atoms with Crippen LogP contribution < -0.4 is 5.32 Å². The van der Waals surface area contributed by atoms with Gasteiger partial charge in [0.1, 0.15) is 6.04 Å². The molecule has 1 heterocycles. The summed E-state index contributed by atoms with van der Waals surface area (Å²) in [4.78, 5) is 23.3. The third kappa shape index (κ3) is 4.12. The second-order valence-electron chi connectivity index (χ2n) is 5.79. The molecule has 0 radical (unpaired) electrons. The lowest BCUT2D eigenvalue weighted by atomic mass is 10.1. The molecule has 1 aromatic carbocycles. The van der Waals surface area contributed by atoms with E-state index < -0.39 is 27.9 Å². The molecule has 1 aliphatic heterocycles. The molecule has 0 saturated carbocycles. The Balaban J connectivity index is 2.11. The Morgan fingerprint density at radius 3 is 2.29 bits per heavy atom. The zero-order valence-electron chi connectivity index (χ0n) is 13.6. The van der Waals surface area contributed by atoms with E-state index in [1.54, 1.807) is 0 Å². The van der Waals surface area contributed by atoms with Gasteiger partial charge in [0.25, 0.3) is 5.91 Å². The molecule has 1 unspecified atom stereocenters. The Morgan fingerprint density at radius 2 is 1.79 bits per heavy atom. The van der Waals surface area contributed by atoms with Crippen LogP contribution >= 0.6 is 0 Å². The van der Waals surface area contributed by atoms with Crippen LogP contribution in [0.25, 0.3) is 0 Å². The van der Waals surface area contributed by atoms with E-state index in [4.69, 9.17) is 5.11 Å². The third-order valence-corrected chi connectivity index (χ3v) is 5.91. The lowest BCUT2D eigenvalue weighted by Crippen LogP contribution is -2.40. The van der Waals surface area contributed by atoms with Gasteiger partial charge in [-0.2, -0.15) is 4.31 Å². The number of benzene rings is 1. The van der Waals surface area contributed by atoms with E-state index in [1.807, 2.05) is 6.92 Å². The number of hydrogen-bond donors (Lipinski definition) is 2. The summed E-state index contributed by atoms with van der Waals surface area (Å²) in [5.41, 5.74) is 0.234. The first-order valence-electron chi connectivity index (χ1n) is 8.00. The number of amides is 1. The van der Waals surface area contributed by atoms with Gasteiger partial charge in [0, 0.05) is 18.7 Å². The second kappa shape index (κ2) is 7.76. The molecule has 1 aromatic rings. The third-order valence-electron chi connectivity index (χ3n) is 4.00. The van der Waals surface area contributed by atoms with Gasteiger partial charge in [0.05, 0.1) is 4.90 Å². The van der Waals surface area contributed by atoms with Crippen LogP contribution in [0.3, 0.4) is 0 Å². The molecule has 1 fully saturated rings. The van der Waals surface area contributed by atoms with Crippen molar-refractivity contribution in [2.24, 2.45) is 0 Å². The van der Waals surface area contributed by atoms with Crippen LogP contribution in [0.1, 0.15) is 43.0 Å². The lowest BCUT2D eigenvalue weighted by molar-refractivity contribution is -0.139. The van der Waals surface area contributed by atoms with Crippen molar-refractivity contribution in [2.45, 2.75) is 43.5 Å². The van der Waals surface area contributed by atoms with Gasteiger partial charge in [-0.05, 0) is 43.5 Å². The van der Waals surface area contributed by atoms with Crippen LogP contribution in [0, 0.1) is 0 Å². The number of carboxylic acid groups (broad SMARTS) is 1. The Labute approximate surface area is 141 Å². The van der Waals surface area contributed by atoms with Gasteiger partial charge in [-0.3, -0.25) is 4.79 Å². The summed E-state index contributed by atoms with van der Waals surface area (Å²) in [6, 6.07) is 4.64. The Bertz CT molecular complexity index is 694. The fraction of sp³-hybridized carbons (Fsp3) is 0.500. The van der Waals surface area contributed by atoms with Gasteiger partial charge in [-0.25, -0.2) is 13.2 Å². The smallest absolute Gasteiger partial charge is 0.326 e. The van der Waals surface area contributed by atoms with Crippen LogP contribution in [-0.4, -0.2) is 48.8 Å². The number of carboxylic acids is 1. The van der Waals surface area contributed by atoms with E-state index in [-0.39, 0.29) is 10.5 Å². The summed E-state index contributed by atoms with van der Waals surface area (Å²) in [6.45, 7) is 2.86. The molecule has 2 N–H and O–H groups in total. The highest BCUT2D eigenvalue weighted by Crippen LogP contribution is 2.21. The fourth-order valence-electron chi connectivity index (χ4n) is 2.64. The molecule has 24 heavy (non-hydrogen) atoms. The van der Waals surface area contributed by atoms with Crippen molar-refractivity contribution in [1.82, 2.24) is 9.62 Å². The number of aliphatic carboxylic acids is 1. The van der Waals surface area contributed by atoms with E-state index in [2.05, 4.69) is 5.32 Å². The van der Waals surface area contributed by atoms with Gasteiger partial charge in [0.2, 0.25) is 10.0 Å². The van der Waals surface area contributed by atoms with Crippen LogP contribution in [0.5, 0.6) is 0 Å². The summed E-state index contributed by atoms with van der Waals surface area (Å²) in [5.74, 6) is -1.61.